The van der Waals surface area contributed by atoms with Crippen LogP contribution in [0.15, 0.2) is 9.75 Å². The van der Waals surface area contributed by atoms with E-state index in [4.69, 9.17) is 5.11 Å². The molecule has 0 aromatic carbocycles. The van der Waals surface area contributed by atoms with Crippen LogP contribution in [-0.4, -0.2) is 39.8 Å². The second-order valence-electron chi connectivity index (χ2n) is 2.77. The van der Waals surface area contributed by atoms with Gasteiger partial charge >= 0.3 is 12.1 Å². The first-order valence-corrected chi connectivity index (χ1v) is 5.17. The summed E-state index contributed by atoms with van der Waals surface area (Å²) < 4.78 is 44.0. The van der Waals surface area contributed by atoms with Gasteiger partial charge in [-0.25, -0.2) is 0 Å². The average Bonchev–Trinajstić information content (AvgIpc) is 2.61. The number of halogens is 3. The highest BCUT2D eigenvalue weighted by Crippen LogP contribution is 2.17. The molecule has 0 radical (unpaired) electrons. The first kappa shape index (κ1) is 13.8. The molecule has 0 aliphatic carbocycles. The molecule has 0 fully saturated rings. The van der Waals surface area contributed by atoms with Gasteiger partial charge in [0.1, 0.15) is 19.0 Å². The summed E-state index contributed by atoms with van der Waals surface area (Å²) in [7, 11) is 0. The van der Waals surface area contributed by atoms with Crippen LogP contribution in [0.4, 0.5) is 13.2 Å². The van der Waals surface area contributed by atoms with Crippen LogP contribution in [0, 0.1) is 0 Å². The van der Waals surface area contributed by atoms with Crippen molar-refractivity contribution in [2.45, 2.75) is 18.0 Å². The lowest BCUT2D eigenvalue weighted by Crippen LogP contribution is -2.16. The van der Waals surface area contributed by atoms with Crippen molar-refractivity contribution in [2.75, 3.05) is 12.4 Å². The number of nitrogens with zero attached hydrogens (tertiary/aromatic N) is 2. The summed E-state index contributed by atoms with van der Waals surface area (Å²) in [6, 6.07) is 0. The van der Waals surface area contributed by atoms with Gasteiger partial charge in [0.15, 0.2) is 5.82 Å². The number of thioether (sulfide) groups is 1. The molecule has 1 N–H and O–H groups in total. The van der Waals surface area contributed by atoms with E-state index in [0.29, 0.717) is 0 Å². The lowest BCUT2D eigenvalue weighted by Gasteiger charge is -2.04. The van der Waals surface area contributed by atoms with E-state index in [0.717, 1.165) is 11.8 Å². The van der Waals surface area contributed by atoms with E-state index in [-0.39, 0.29) is 16.8 Å². The van der Waals surface area contributed by atoms with Crippen molar-refractivity contribution in [3.63, 3.8) is 0 Å². The maximum atomic E-state index is 11.7. The Labute approximate surface area is 97.1 Å². The molecule has 0 spiro atoms. The van der Waals surface area contributed by atoms with Gasteiger partial charge in [-0.3, -0.25) is 4.79 Å². The summed E-state index contributed by atoms with van der Waals surface area (Å²) in [5.41, 5.74) is 0. The number of ether oxygens (including phenoxy) is 1. The maximum absolute atomic E-state index is 11.7. The molecular weight excluding hydrogens is 265 g/mol. The fourth-order valence-corrected chi connectivity index (χ4v) is 1.24. The Morgan fingerprint density at radius 2 is 2.24 bits per heavy atom. The predicted molar refractivity (Wildman–Crippen MR) is 48.4 cm³/mol. The maximum Gasteiger partial charge on any atom is 0.411 e. The third kappa shape index (κ3) is 6.12. The van der Waals surface area contributed by atoms with Gasteiger partial charge in [0.05, 0.1) is 0 Å². The standard InChI is InChI=1S/C7H7F3N2O4S/c8-7(9,10)3-15-1-4-11-6(16-12-4)17-2-5(13)14/h1-3H2,(H,13,14). The molecule has 0 atom stereocenters. The van der Waals surface area contributed by atoms with E-state index in [1.807, 2.05) is 0 Å². The molecule has 0 bridgehead atoms. The smallest absolute Gasteiger partial charge is 0.411 e. The van der Waals surface area contributed by atoms with Crippen LogP contribution in [0.3, 0.4) is 0 Å². The molecule has 1 aromatic rings. The minimum atomic E-state index is -4.41. The Morgan fingerprint density at radius 1 is 1.53 bits per heavy atom. The summed E-state index contributed by atoms with van der Waals surface area (Å²) in [4.78, 5) is 13.8. The van der Waals surface area contributed by atoms with Crippen molar-refractivity contribution in [3.05, 3.63) is 5.82 Å². The number of hydrogen-bond donors (Lipinski definition) is 1. The van der Waals surface area contributed by atoms with Crippen LogP contribution < -0.4 is 0 Å². The van der Waals surface area contributed by atoms with Crippen LogP contribution in [0.2, 0.25) is 0 Å². The molecule has 1 heterocycles. The largest absolute Gasteiger partial charge is 0.481 e. The van der Waals surface area contributed by atoms with Crippen LogP contribution in [-0.2, 0) is 16.1 Å². The summed E-state index contributed by atoms with van der Waals surface area (Å²) in [6.07, 6.45) is -4.41. The quantitative estimate of drug-likeness (QED) is 0.781. The highest BCUT2D eigenvalue weighted by Gasteiger charge is 2.27. The summed E-state index contributed by atoms with van der Waals surface area (Å²) in [5, 5.41) is 11.6. The third-order valence-electron chi connectivity index (χ3n) is 1.27. The lowest BCUT2D eigenvalue weighted by molar-refractivity contribution is -0.177. The van der Waals surface area contributed by atoms with Crippen molar-refractivity contribution < 1.29 is 32.3 Å². The Kier molecular flexibility index (Phi) is 4.75. The van der Waals surface area contributed by atoms with Crippen LogP contribution in [0.25, 0.3) is 0 Å². The zero-order valence-corrected chi connectivity index (χ0v) is 9.05. The molecule has 0 saturated carbocycles. The van der Waals surface area contributed by atoms with Crippen molar-refractivity contribution in [1.29, 1.82) is 0 Å². The number of alkyl halides is 3. The number of aliphatic carboxylic acids is 1. The number of rotatable bonds is 6. The van der Waals surface area contributed by atoms with Gasteiger partial charge in [-0.1, -0.05) is 16.9 Å². The van der Waals surface area contributed by atoms with Gasteiger partial charge in [0.2, 0.25) is 0 Å². The van der Waals surface area contributed by atoms with Crippen LogP contribution >= 0.6 is 11.8 Å². The Balaban J connectivity index is 2.33. The Morgan fingerprint density at radius 3 is 2.82 bits per heavy atom. The first-order chi connectivity index (χ1) is 7.87. The zero-order chi connectivity index (χ0) is 12.9. The molecule has 10 heteroatoms. The molecule has 0 amide bonds. The second kappa shape index (κ2) is 5.87. The first-order valence-electron chi connectivity index (χ1n) is 4.18. The molecule has 0 unspecified atom stereocenters. The summed E-state index contributed by atoms with van der Waals surface area (Å²) >= 11 is 0.771. The molecule has 17 heavy (non-hydrogen) atoms. The number of carboxylic acids is 1. The van der Waals surface area contributed by atoms with E-state index in [1.54, 1.807) is 0 Å². The van der Waals surface area contributed by atoms with Crippen molar-refractivity contribution in [2.24, 2.45) is 0 Å². The van der Waals surface area contributed by atoms with Crippen molar-refractivity contribution >= 4 is 17.7 Å². The van der Waals surface area contributed by atoms with E-state index in [1.165, 1.54) is 0 Å². The Hall–Kier alpha value is -1.29. The van der Waals surface area contributed by atoms with Crippen LogP contribution in [0.1, 0.15) is 5.82 Å². The van der Waals surface area contributed by atoms with Crippen molar-refractivity contribution in [1.82, 2.24) is 10.1 Å². The van der Waals surface area contributed by atoms with Gasteiger partial charge < -0.3 is 14.4 Å². The van der Waals surface area contributed by atoms with Gasteiger partial charge in [0.25, 0.3) is 5.22 Å². The normalized spacial score (nSPS) is 11.7. The molecule has 0 saturated heterocycles. The van der Waals surface area contributed by atoms with Crippen molar-refractivity contribution in [3.8, 4) is 0 Å². The minimum Gasteiger partial charge on any atom is -0.481 e. The van der Waals surface area contributed by atoms with E-state index in [9.17, 15) is 18.0 Å². The van der Waals surface area contributed by atoms with E-state index in [2.05, 4.69) is 19.4 Å². The monoisotopic (exact) mass is 272 g/mol. The van der Waals surface area contributed by atoms with Crippen LogP contribution in [0.5, 0.6) is 0 Å². The summed E-state index contributed by atoms with van der Waals surface area (Å²) in [5.74, 6) is -1.41. The van der Waals surface area contributed by atoms with Gasteiger partial charge in [0, 0.05) is 0 Å². The second-order valence-corrected chi connectivity index (χ2v) is 3.69. The fraction of sp³-hybridized carbons (Fsp3) is 0.571. The molecule has 1 aromatic heterocycles. The van der Waals surface area contributed by atoms with Gasteiger partial charge in [-0.2, -0.15) is 18.2 Å². The number of carboxylic acid groups (broad SMARTS) is 1. The lowest BCUT2D eigenvalue weighted by atomic mass is 10.6. The fourth-order valence-electron chi connectivity index (χ4n) is 0.737. The van der Waals surface area contributed by atoms with Gasteiger partial charge in [-0.15, -0.1) is 0 Å². The zero-order valence-electron chi connectivity index (χ0n) is 8.23. The topological polar surface area (TPSA) is 85.5 Å². The van der Waals surface area contributed by atoms with Gasteiger partial charge in [-0.05, 0) is 0 Å². The third-order valence-corrected chi connectivity index (χ3v) is 2.07. The molecule has 0 aliphatic rings. The molecule has 0 aliphatic heterocycles. The number of aromatic nitrogens is 2. The summed E-state index contributed by atoms with van der Waals surface area (Å²) in [6.45, 7) is -1.85. The highest BCUT2D eigenvalue weighted by atomic mass is 32.2. The highest BCUT2D eigenvalue weighted by molar-refractivity contribution is 7.99. The molecule has 6 nitrogen and oxygen atoms in total. The molecule has 1 rings (SSSR count). The Bertz CT molecular complexity index is 381. The number of carbonyl (C=O) groups is 1. The SMILES string of the molecule is O=C(O)CSc1nc(COCC(F)(F)F)no1. The average molecular weight is 272 g/mol. The predicted octanol–water partition coefficient (Wildman–Crippen LogP) is 1.33. The number of hydrogen-bond acceptors (Lipinski definition) is 6. The minimum absolute atomic E-state index is 0.0296. The molecular formula is C7H7F3N2O4S. The molecule has 96 valence electrons. The van der Waals surface area contributed by atoms with E-state index >= 15 is 0 Å². The van der Waals surface area contributed by atoms with E-state index < -0.39 is 25.4 Å².